The van der Waals surface area contributed by atoms with Crippen molar-refractivity contribution in [1.82, 2.24) is 9.47 Å². The van der Waals surface area contributed by atoms with Gasteiger partial charge in [-0.1, -0.05) is 0 Å². The standard InChI is InChI=1S/C14H19F2N3O4/c1-14(2,3)23-13(21)18-6-9(7-18)22-10-4-8(17)5-19(11(10)20)12(15)16/h4-5,9,12H,6-7,17H2,1-3H3. The highest BCUT2D eigenvalue weighted by molar-refractivity contribution is 5.69. The van der Waals surface area contributed by atoms with Crippen LogP contribution in [0.25, 0.3) is 0 Å². The topological polar surface area (TPSA) is 86.8 Å². The summed E-state index contributed by atoms with van der Waals surface area (Å²) in [5, 5.41) is 0. The number of anilines is 1. The number of likely N-dealkylation sites (tertiary alicyclic amines) is 1. The van der Waals surface area contributed by atoms with Crippen LogP contribution < -0.4 is 16.0 Å². The quantitative estimate of drug-likeness (QED) is 0.913. The zero-order valence-corrected chi connectivity index (χ0v) is 13.1. The molecule has 1 aromatic rings. The highest BCUT2D eigenvalue weighted by atomic mass is 19.3. The first-order chi connectivity index (χ1) is 10.6. The highest BCUT2D eigenvalue weighted by Crippen LogP contribution is 2.21. The van der Waals surface area contributed by atoms with Crippen LogP contribution in [-0.2, 0) is 4.74 Å². The van der Waals surface area contributed by atoms with Gasteiger partial charge in [-0.25, -0.2) is 4.79 Å². The van der Waals surface area contributed by atoms with Crippen LogP contribution in [0.1, 0.15) is 27.3 Å². The third-order valence-electron chi connectivity index (χ3n) is 3.03. The summed E-state index contributed by atoms with van der Waals surface area (Å²) in [4.78, 5) is 25.0. The van der Waals surface area contributed by atoms with Crippen molar-refractivity contribution in [3.8, 4) is 5.75 Å². The molecule has 1 amide bonds. The molecule has 1 saturated heterocycles. The second kappa shape index (κ2) is 6.05. The number of ether oxygens (including phenoxy) is 2. The van der Waals surface area contributed by atoms with E-state index in [9.17, 15) is 18.4 Å². The molecule has 0 radical (unpaired) electrons. The van der Waals surface area contributed by atoms with Gasteiger partial charge in [0, 0.05) is 12.3 Å². The number of halogens is 2. The number of nitrogens with two attached hydrogens (primary N) is 1. The molecule has 0 aromatic carbocycles. The summed E-state index contributed by atoms with van der Waals surface area (Å²) in [7, 11) is 0. The van der Waals surface area contributed by atoms with E-state index in [1.54, 1.807) is 20.8 Å². The molecule has 23 heavy (non-hydrogen) atoms. The van der Waals surface area contributed by atoms with Gasteiger partial charge in [0.25, 0.3) is 5.56 Å². The molecule has 0 unspecified atom stereocenters. The van der Waals surface area contributed by atoms with Crippen LogP contribution >= 0.6 is 0 Å². The van der Waals surface area contributed by atoms with Gasteiger partial charge in [0.15, 0.2) is 5.75 Å². The number of hydrogen-bond donors (Lipinski definition) is 1. The number of amides is 1. The van der Waals surface area contributed by atoms with Crippen LogP contribution in [0, 0.1) is 0 Å². The van der Waals surface area contributed by atoms with E-state index in [1.165, 1.54) is 11.0 Å². The number of rotatable bonds is 3. The second-order valence-electron chi connectivity index (χ2n) is 6.25. The van der Waals surface area contributed by atoms with Gasteiger partial charge in [-0.05, 0) is 20.8 Å². The minimum atomic E-state index is -3.01. The van der Waals surface area contributed by atoms with Crippen molar-refractivity contribution < 1.29 is 23.0 Å². The van der Waals surface area contributed by atoms with Crippen LogP contribution in [-0.4, -0.2) is 40.4 Å². The number of nitrogen functional groups attached to an aromatic ring is 1. The van der Waals surface area contributed by atoms with E-state index in [0.717, 1.165) is 6.20 Å². The monoisotopic (exact) mass is 331 g/mol. The van der Waals surface area contributed by atoms with E-state index in [0.29, 0.717) is 0 Å². The van der Waals surface area contributed by atoms with Crippen molar-refractivity contribution in [2.24, 2.45) is 0 Å². The minimum Gasteiger partial charge on any atom is -0.481 e. The van der Waals surface area contributed by atoms with Crippen LogP contribution in [0.4, 0.5) is 19.3 Å². The van der Waals surface area contributed by atoms with E-state index in [-0.39, 0.29) is 29.1 Å². The second-order valence-corrected chi connectivity index (χ2v) is 6.25. The maximum atomic E-state index is 12.7. The van der Waals surface area contributed by atoms with Crippen LogP contribution in [0.2, 0.25) is 0 Å². The fraction of sp³-hybridized carbons (Fsp3) is 0.571. The van der Waals surface area contributed by atoms with E-state index in [1.807, 2.05) is 0 Å². The molecular formula is C14H19F2N3O4. The van der Waals surface area contributed by atoms with Gasteiger partial charge in [0.1, 0.15) is 11.7 Å². The van der Waals surface area contributed by atoms with Gasteiger partial charge >= 0.3 is 12.6 Å². The molecule has 0 bridgehead atoms. The van der Waals surface area contributed by atoms with Crippen molar-refractivity contribution in [3.05, 3.63) is 22.6 Å². The molecule has 0 spiro atoms. The molecule has 7 nitrogen and oxygen atoms in total. The SMILES string of the molecule is CC(C)(C)OC(=O)N1CC(Oc2cc(N)cn(C(F)F)c2=O)C1. The van der Waals surface area contributed by atoms with Crippen molar-refractivity contribution in [3.63, 3.8) is 0 Å². The zero-order valence-electron chi connectivity index (χ0n) is 13.1. The van der Waals surface area contributed by atoms with Gasteiger partial charge in [-0.2, -0.15) is 8.78 Å². The van der Waals surface area contributed by atoms with E-state index < -0.39 is 29.9 Å². The Morgan fingerprint density at radius 2 is 2.00 bits per heavy atom. The normalized spacial score (nSPS) is 15.5. The first-order valence-corrected chi connectivity index (χ1v) is 7.01. The Labute approximate surface area is 131 Å². The molecule has 0 atom stereocenters. The lowest BCUT2D eigenvalue weighted by Gasteiger charge is -2.39. The van der Waals surface area contributed by atoms with Crippen LogP contribution in [0.5, 0.6) is 5.75 Å². The van der Waals surface area contributed by atoms with Crippen molar-refractivity contribution >= 4 is 11.8 Å². The van der Waals surface area contributed by atoms with Crippen molar-refractivity contribution in [2.75, 3.05) is 18.8 Å². The summed E-state index contributed by atoms with van der Waals surface area (Å²) in [6.45, 7) is 2.65. The molecule has 0 aliphatic carbocycles. The summed E-state index contributed by atoms with van der Waals surface area (Å²) in [5.41, 5.74) is 3.90. The number of pyridine rings is 1. The number of nitrogens with zero attached hydrogens (tertiary/aromatic N) is 2. The highest BCUT2D eigenvalue weighted by Gasteiger charge is 2.35. The number of hydrogen-bond acceptors (Lipinski definition) is 5. The van der Waals surface area contributed by atoms with E-state index >= 15 is 0 Å². The Bertz CT molecular complexity index is 648. The molecule has 0 saturated carbocycles. The molecule has 9 heteroatoms. The Kier molecular flexibility index (Phi) is 4.49. The molecule has 1 aliphatic rings. The van der Waals surface area contributed by atoms with Gasteiger partial charge in [0.2, 0.25) is 0 Å². The smallest absolute Gasteiger partial charge is 0.410 e. The summed E-state index contributed by atoms with van der Waals surface area (Å²) < 4.78 is 36.2. The van der Waals surface area contributed by atoms with Crippen molar-refractivity contribution in [1.29, 1.82) is 0 Å². The average molecular weight is 331 g/mol. The summed E-state index contributed by atoms with van der Waals surface area (Å²) in [6.07, 6.45) is -0.105. The van der Waals surface area contributed by atoms with E-state index in [4.69, 9.17) is 15.2 Å². The Hall–Kier alpha value is -2.32. The third-order valence-corrected chi connectivity index (χ3v) is 3.03. The maximum absolute atomic E-state index is 12.7. The average Bonchev–Trinajstić information content (AvgIpc) is 2.33. The van der Waals surface area contributed by atoms with Crippen LogP contribution in [0.15, 0.2) is 17.1 Å². The fourth-order valence-electron chi connectivity index (χ4n) is 1.99. The predicted molar refractivity (Wildman–Crippen MR) is 78.6 cm³/mol. The van der Waals surface area contributed by atoms with E-state index in [2.05, 4.69) is 0 Å². The molecule has 128 valence electrons. The zero-order chi connectivity index (χ0) is 17.4. The largest absolute Gasteiger partial charge is 0.481 e. The first kappa shape index (κ1) is 17.0. The first-order valence-electron chi connectivity index (χ1n) is 7.01. The molecule has 2 heterocycles. The molecule has 1 fully saturated rings. The fourth-order valence-corrected chi connectivity index (χ4v) is 1.99. The molecule has 1 aliphatic heterocycles. The number of alkyl halides is 2. The van der Waals surface area contributed by atoms with Gasteiger partial charge in [-0.3, -0.25) is 9.36 Å². The minimum absolute atomic E-state index is 0.0109. The van der Waals surface area contributed by atoms with Gasteiger partial charge < -0.3 is 20.1 Å². The maximum Gasteiger partial charge on any atom is 0.410 e. The Morgan fingerprint density at radius 3 is 2.52 bits per heavy atom. The van der Waals surface area contributed by atoms with Crippen molar-refractivity contribution in [2.45, 2.75) is 39.0 Å². The Balaban J connectivity index is 1.99. The van der Waals surface area contributed by atoms with Gasteiger partial charge in [-0.15, -0.1) is 0 Å². The Morgan fingerprint density at radius 1 is 1.39 bits per heavy atom. The lowest BCUT2D eigenvalue weighted by Crippen LogP contribution is -2.57. The predicted octanol–water partition coefficient (Wildman–Crippen LogP) is 1.82. The summed E-state index contributed by atoms with van der Waals surface area (Å²) in [6, 6.07) is 1.19. The van der Waals surface area contributed by atoms with Crippen LogP contribution in [0.3, 0.4) is 0 Å². The lowest BCUT2D eigenvalue weighted by molar-refractivity contribution is -0.0229. The number of aromatic nitrogens is 1. The number of carbonyl (C=O) groups excluding carboxylic acids is 1. The summed E-state index contributed by atoms with van der Waals surface area (Å²) >= 11 is 0. The van der Waals surface area contributed by atoms with Gasteiger partial charge in [0.05, 0.1) is 18.8 Å². The summed E-state index contributed by atoms with van der Waals surface area (Å²) in [5.74, 6) is -0.265. The lowest BCUT2D eigenvalue weighted by atomic mass is 10.1. The molecule has 2 rings (SSSR count). The molecule has 1 aromatic heterocycles. The number of carbonyl (C=O) groups is 1. The third kappa shape index (κ3) is 4.11. The molecule has 2 N–H and O–H groups in total. The molecular weight excluding hydrogens is 312 g/mol.